The highest BCUT2D eigenvalue weighted by atomic mass is 32.2. The fraction of sp³-hybridized carbons (Fsp3) is 0.294. The maximum atomic E-state index is 11.4. The van der Waals surface area contributed by atoms with E-state index in [4.69, 9.17) is 0 Å². The molecule has 0 saturated carbocycles. The monoisotopic (exact) mass is 336 g/mol. The highest BCUT2D eigenvalue weighted by Gasteiger charge is 2.18. The Morgan fingerprint density at radius 2 is 1.77 bits per heavy atom. The van der Waals surface area contributed by atoms with Gasteiger partial charge < -0.3 is 0 Å². The lowest BCUT2D eigenvalue weighted by Crippen LogP contribution is -2.18. The van der Waals surface area contributed by atoms with E-state index in [1.54, 1.807) is 12.1 Å². The third-order valence-corrected chi connectivity index (χ3v) is 7.17. The molecule has 0 spiro atoms. The van der Waals surface area contributed by atoms with Crippen molar-refractivity contribution in [3.8, 4) is 0 Å². The summed E-state index contributed by atoms with van der Waals surface area (Å²) in [4.78, 5) is -0.0203. The smallest absolute Gasteiger partial charge is 0.282 e. The van der Waals surface area contributed by atoms with Gasteiger partial charge in [-0.15, -0.1) is 0 Å². The van der Waals surface area contributed by atoms with Crippen LogP contribution in [0.15, 0.2) is 53.4 Å². The molecule has 0 aliphatic carbocycles. The third kappa shape index (κ3) is 4.16. The number of unbranched alkanes of at least 4 members (excludes halogenated alkanes) is 1. The molecule has 5 heteroatoms. The van der Waals surface area contributed by atoms with Crippen LogP contribution in [0.2, 0.25) is 0 Å². The van der Waals surface area contributed by atoms with Crippen LogP contribution in [-0.4, -0.2) is 19.1 Å². The van der Waals surface area contributed by atoms with E-state index in [1.807, 2.05) is 25.1 Å². The molecule has 0 aliphatic heterocycles. The number of benzene rings is 2. The molecule has 0 saturated heterocycles. The molecule has 2 aromatic carbocycles. The van der Waals surface area contributed by atoms with Crippen LogP contribution in [0.4, 0.5) is 0 Å². The molecule has 0 bridgehead atoms. The van der Waals surface area contributed by atoms with Crippen molar-refractivity contribution in [1.82, 2.24) is 0 Å². The first kappa shape index (κ1) is 17.1. The summed E-state index contributed by atoms with van der Waals surface area (Å²) in [5, 5.41) is 2.27. The van der Waals surface area contributed by atoms with Crippen molar-refractivity contribution in [1.29, 1.82) is 0 Å². The fourth-order valence-corrected chi connectivity index (χ4v) is 5.68. The summed E-state index contributed by atoms with van der Waals surface area (Å²) in [6.45, 7) is 4.15. The Morgan fingerprint density at radius 3 is 2.36 bits per heavy atom. The second-order valence-corrected chi connectivity index (χ2v) is 8.99. The second kappa shape index (κ2) is 7.36. The van der Waals surface area contributed by atoms with Gasteiger partial charge in [0.1, 0.15) is 0 Å². The normalized spacial score (nSPS) is 13.0. The summed E-state index contributed by atoms with van der Waals surface area (Å²) >= 11 is 0. The van der Waals surface area contributed by atoms with E-state index >= 15 is 0 Å². The van der Waals surface area contributed by atoms with Crippen LogP contribution in [0.5, 0.6) is 0 Å². The highest BCUT2D eigenvalue weighted by Crippen LogP contribution is 2.36. The molecular formula is C17H21O3PS. The van der Waals surface area contributed by atoms with Crippen LogP contribution < -0.4 is 10.6 Å². The Bertz CT molecular complexity index is 727. The number of hydrogen-bond donors (Lipinski definition) is 1. The molecule has 0 radical (unpaired) electrons. The summed E-state index contributed by atoms with van der Waals surface area (Å²) in [5.41, 5.74) is 1.07. The van der Waals surface area contributed by atoms with Gasteiger partial charge in [0, 0.05) is 0 Å². The van der Waals surface area contributed by atoms with Crippen molar-refractivity contribution < 1.29 is 13.0 Å². The minimum absolute atomic E-state index is 0.0203. The van der Waals surface area contributed by atoms with E-state index in [0.29, 0.717) is 0 Å². The Hall–Kier alpha value is -1.22. The standard InChI is InChI=1S/C17H21O3PS/c1-3-4-12-21(15-8-6-5-7-9-15)17-13-16(22(18,19)20)11-10-14(17)2/h5-11,13H,3-4,12H2,1-2H3,(H,18,19,20). The second-order valence-electron chi connectivity index (χ2n) is 5.26. The Labute approximate surface area is 133 Å². The summed E-state index contributed by atoms with van der Waals surface area (Å²) in [6.07, 6.45) is 3.21. The molecule has 2 aromatic rings. The molecule has 0 amide bonds. The van der Waals surface area contributed by atoms with Crippen molar-refractivity contribution in [3.63, 3.8) is 0 Å². The molecule has 118 valence electrons. The summed E-state index contributed by atoms with van der Waals surface area (Å²) in [7, 11) is -4.78. The van der Waals surface area contributed by atoms with Crippen LogP contribution in [0.1, 0.15) is 25.3 Å². The first-order chi connectivity index (χ1) is 10.4. The van der Waals surface area contributed by atoms with Crippen LogP contribution >= 0.6 is 7.92 Å². The zero-order valence-electron chi connectivity index (χ0n) is 12.9. The molecule has 0 heterocycles. The van der Waals surface area contributed by atoms with E-state index in [-0.39, 0.29) is 4.90 Å². The lowest BCUT2D eigenvalue weighted by Gasteiger charge is -2.21. The highest BCUT2D eigenvalue weighted by molar-refractivity contribution is 7.86. The van der Waals surface area contributed by atoms with Gasteiger partial charge in [-0.05, 0) is 55.7 Å². The van der Waals surface area contributed by atoms with E-state index in [0.717, 1.165) is 29.9 Å². The lowest BCUT2D eigenvalue weighted by atomic mass is 10.2. The lowest BCUT2D eigenvalue weighted by molar-refractivity contribution is 0.483. The van der Waals surface area contributed by atoms with E-state index in [1.165, 1.54) is 11.4 Å². The Kier molecular flexibility index (Phi) is 5.74. The molecular weight excluding hydrogens is 315 g/mol. The van der Waals surface area contributed by atoms with Crippen molar-refractivity contribution >= 4 is 28.6 Å². The van der Waals surface area contributed by atoms with Gasteiger partial charge in [0.15, 0.2) is 0 Å². The van der Waals surface area contributed by atoms with Crippen molar-refractivity contribution in [2.24, 2.45) is 0 Å². The summed E-state index contributed by atoms with van der Waals surface area (Å²) in [5.74, 6) is 0. The van der Waals surface area contributed by atoms with Crippen molar-refractivity contribution in [3.05, 3.63) is 54.1 Å². The molecule has 1 atom stereocenters. The average Bonchev–Trinajstić information content (AvgIpc) is 2.49. The topological polar surface area (TPSA) is 54.4 Å². The third-order valence-electron chi connectivity index (χ3n) is 3.57. The zero-order chi connectivity index (χ0) is 16.2. The summed E-state index contributed by atoms with van der Waals surface area (Å²) in [6, 6.07) is 15.1. The van der Waals surface area contributed by atoms with Crippen LogP contribution in [0.25, 0.3) is 0 Å². The Balaban J connectivity index is 2.52. The minimum Gasteiger partial charge on any atom is -0.282 e. The molecule has 1 unspecified atom stereocenters. The van der Waals surface area contributed by atoms with Gasteiger partial charge in [-0.2, -0.15) is 8.42 Å². The molecule has 3 nitrogen and oxygen atoms in total. The van der Waals surface area contributed by atoms with Gasteiger partial charge in [-0.3, -0.25) is 4.55 Å². The van der Waals surface area contributed by atoms with Gasteiger partial charge in [0.05, 0.1) is 4.90 Å². The van der Waals surface area contributed by atoms with Gasteiger partial charge in [0.2, 0.25) is 0 Å². The van der Waals surface area contributed by atoms with E-state index in [2.05, 4.69) is 19.1 Å². The largest absolute Gasteiger partial charge is 0.294 e. The maximum absolute atomic E-state index is 11.4. The number of hydrogen-bond acceptors (Lipinski definition) is 2. The van der Waals surface area contributed by atoms with Crippen LogP contribution in [-0.2, 0) is 10.1 Å². The van der Waals surface area contributed by atoms with E-state index in [9.17, 15) is 13.0 Å². The molecule has 0 aromatic heterocycles. The number of rotatable bonds is 6. The maximum Gasteiger partial charge on any atom is 0.294 e. The predicted octanol–water partition coefficient (Wildman–Crippen LogP) is 3.47. The fourth-order valence-electron chi connectivity index (χ4n) is 2.35. The van der Waals surface area contributed by atoms with Crippen molar-refractivity contribution in [2.45, 2.75) is 31.6 Å². The first-order valence-corrected chi connectivity index (χ1v) is 10.3. The molecule has 22 heavy (non-hydrogen) atoms. The number of aryl methyl sites for hydroxylation is 1. The van der Waals surface area contributed by atoms with Crippen LogP contribution in [0.3, 0.4) is 0 Å². The molecule has 0 aliphatic rings. The molecule has 1 N–H and O–H groups in total. The predicted molar refractivity (Wildman–Crippen MR) is 93.4 cm³/mol. The van der Waals surface area contributed by atoms with Gasteiger partial charge in [-0.1, -0.05) is 49.7 Å². The van der Waals surface area contributed by atoms with Gasteiger partial charge >= 0.3 is 0 Å². The molecule has 0 fully saturated rings. The Morgan fingerprint density at radius 1 is 1.09 bits per heavy atom. The SMILES string of the molecule is CCCCP(c1ccccc1)c1cc(S(=O)(=O)O)ccc1C. The quantitative estimate of drug-likeness (QED) is 0.649. The molecule has 2 rings (SSSR count). The first-order valence-electron chi connectivity index (χ1n) is 7.34. The average molecular weight is 336 g/mol. The van der Waals surface area contributed by atoms with Gasteiger partial charge in [-0.25, -0.2) is 0 Å². The minimum atomic E-state index is -4.17. The summed E-state index contributed by atoms with van der Waals surface area (Å²) < 4.78 is 32.2. The van der Waals surface area contributed by atoms with E-state index < -0.39 is 18.0 Å². The van der Waals surface area contributed by atoms with Gasteiger partial charge in [0.25, 0.3) is 10.1 Å². The van der Waals surface area contributed by atoms with Crippen molar-refractivity contribution in [2.75, 3.05) is 6.16 Å². The van der Waals surface area contributed by atoms with Crippen LogP contribution in [0, 0.1) is 6.92 Å². The zero-order valence-corrected chi connectivity index (χ0v) is 14.6.